The van der Waals surface area contributed by atoms with Gasteiger partial charge in [-0.3, -0.25) is 0 Å². The van der Waals surface area contributed by atoms with Gasteiger partial charge in [0.05, 0.1) is 18.2 Å². The fourth-order valence-electron chi connectivity index (χ4n) is 1.16. The maximum atomic E-state index is 4.12. The second-order valence-electron chi connectivity index (χ2n) is 2.89. The van der Waals surface area contributed by atoms with Crippen molar-refractivity contribution in [2.45, 2.75) is 26.8 Å². The van der Waals surface area contributed by atoms with Crippen molar-refractivity contribution < 1.29 is 0 Å². The van der Waals surface area contributed by atoms with Crippen LogP contribution in [-0.2, 0) is 6.54 Å². The predicted molar refractivity (Wildman–Crippen MR) is 60.0 cm³/mol. The van der Waals surface area contributed by atoms with Gasteiger partial charge in [-0.2, -0.15) is 0 Å². The number of imidazole rings is 1. The van der Waals surface area contributed by atoms with E-state index in [2.05, 4.69) is 45.4 Å². The summed E-state index contributed by atoms with van der Waals surface area (Å²) in [6.07, 6.45) is 7.06. The molecule has 0 radical (unpaired) electrons. The Balaban J connectivity index is 2.88. The van der Waals surface area contributed by atoms with E-state index in [0.29, 0.717) is 0 Å². The van der Waals surface area contributed by atoms with Gasteiger partial charge in [0.2, 0.25) is 0 Å². The molecule has 0 aromatic carbocycles. The summed E-state index contributed by atoms with van der Waals surface area (Å²) in [7, 11) is 0. The zero-order valence-corrected chi connectivity index (χ0v) is 9.71. The lowest BCUT2D eigenvalue weighted by atomic mass is 10.2. The minimum atomic E-state index is 0.943. The molecular weight excluding hydrogens is 228 g/mol. The molecule has 0 bridgehead atoms. The van der Waals surface area contributed by atoms with E-state index in [1.54, 1.807) is 0 Å². The highest BCUT2D eigenvalue weighted by atomic mass is 79.9. The van der Waals surface area contributed by atoms with Crippen LogP contribution in [0.25, 0.3) is 6.08 Å². The third-order valence-electron chi connectivity index (χ3n) is 2.06. The molecule has 0 saturated heterocycles. The molecule has 0 fully saturated rings. The van der Waals surface area contributed by atoms with Crippen molar-refractivity contribution in [1.82, 2.24) is 9.55 Å². The van der Waals surface area contributed by atoms with Gasteiger partial charge in [-0.1, -0.05) is 28.4 Å². The standard InChI is InChI=1S/C10H15BrN2/c1-3-9(6-11)5-10-7-12-8-13(10)4-2/h5,7-8H,3-4,6H2,1-2H3. The Kier molecular flexibility index (Phi) is 4.22. The Morgan fingerprint density at radius 2 is 2.38 bits per heavy atom. The first-order valence-electron chi connectivity index (χ1n) is 4.57. The molecule has 0 saturated carbocycles. The Bertz CT molecular complexity index is 283. The summed E-state index contributed by atoms with van der Waals surface area (Å²) in [5.41, 5.74) is 2.59. The van der Waals surface area contributed by atoms with E-state index in [-0.39, 0.29) is 0 Å². The first kappa shape index (κ1) is 10.5. The summed E-state index contributed by atoms with van der Waals surface area (Å²) in [5, 5.41) is 0.943. The molecule has 0 atom stereocenters. The molecular formula is C10H15BrN2. The summed E-state index contributed by atoms with van der Waals surface area (Å²) in [4.78, 5) is 4.12. The summed E-state index contributed by atoms with van der Waals surface area (Å²) >= 11 is 3.47. The summed E-state index contributed by atoms with van der Waals surface area (Å²) in [6, 6.07) is 0. The number of halogens is 1. The summed E-state index contributed by atoms with van der Waals surface area (Å²) < 4.78 is 2.14. The molecule has 1 rings (SSSR count). The van der Waals surface area contributed by atoms with Crippen molar-refractivity contribution in [2.75, 3.05) is 5.33 Å². The SMILES string of the molecule is CCC(=Cc1cncn1CC)CBr. The van der Waals surface area contributed by atoms with Gasteiger partial charge in [0.1, 0.15) is 0 Å². The number of alkyl halides is 1. The highest BCUT2D eigenvalue weighted by molar-refractivity contribution is 9.09. The molecule has 0 amide bonds. The number of rotatable bonds is 4. The van der Waals surface area contributed by atoms with Crippen molar-refractivity contribution >= 4 is 22.0 Å². The lowest BCUT2D eigenvalue weighted by Gasteiger charge is -2.02. The van der Waals surface area contributed by atoms with Gasteiger partial charge in [-0.15, -0.1) is 0 Å². The van der Waals surface area contributed by atoms with Crippen LogP contribution in [0.1, 0.15) is 26.0 Å². The van der Waals surface area contributed by atoms with Crippen LogP contribution in [0.3, 0.4) is 0 Å². The molecule has 1 heterocycles. The zero-order chi connectivity index (χ0) is 9.68. The lowest BCUT2D eigenvalue weighted by molar-refractivity contribution is 0.754. The van der Waals surface area contributed by atoms with Crippen molar-refractivity contribution in [3.63, 3.8) is 0 Å². The van der Waals surface area contributed by atoms with E-state index in [1.807, 2.05) is 12.5 Å². The average Bonchev–Trinajstić information content (AvgIpc) is 2.61. The number of nitrogens with zero attached hydrogens (tertiary/aromatic N) is 2. The van der Waals surface area contributed by atoms with E-state index in [0.717, 1.165) is 18.3 Å². The van der Waals surface area contributed by atoms with Gasteiger partial charge in [0.15, 0.2) is 0 Å². The first-order valence-corrected chi connectivity index (χ1v) is 5.69. The van der Waals surface area contributed by atoms with Gasteiger partial charge in [-0.25, -0.2) is 4.98 Å². The first-order chi connectivity index (χ1) is 6.31. The van der Waals surface area contributed by atoms with Crippen molar-refractivity contribution in [2.24, 2.45) is 0 Å². The monoisotopic (exact) mass is 242 g/mol. The highest BCUT2D eigenvalue weighted by Crippen LogP contribution is 2.11. The van der Waals surface area contributed by atoms with Crippen LogP contribution in [0.15, 0.2) is 18.1 Å². The van der Waals surface area contributed by atoms with Gasteiger partial charge < -0.3 is 4.57 Å². The topological polar surface area (TPSA) is 17.8 Å². The van der Waals surface area contributed by atoms with Crippen molar-refractivity contribution in [1.29, 1.82) is 0 Å². The molecule has 72 valence electrons. The van der Waals surface area contributed by atoms with Crippen LogP contribution < -0.4 is 0 Å². The van der Waals surface area contributed by atoms with E-state index in [9.17, 15) is 0 Å². The second kappa shape index (κ2) is 5.22. The molecule has 0 aliphatic carbocycles. The molecule has 0 aliphatic heterocycles. The molecule has 2 nitrogen and oxygen atoms in total. The maximum absolute atomic E-state index is 4.12. The highest BCUT2D eigenvalue weighted by Gasteiger charge is 1.98. The second-order valence-corrected chi connectivity index (χ2v) is 3.46. The molecule has 3 heteroatoms. The Morgan fingerprint density at radius 3 is 2.92 bits per heavy atom. The van der Waals surface area contributed by atoms with Crippen LogP contribution >= 0.6 is 15.9 Å². The Labute approximate surface area is 87.8 Å². The fraction of sp³-hybridized carbons (Fsp3) is 0.500. The largest absolute Gasteiger partial charge is 0.331 e. The third-order valence-corrected chi connectivity index (χ3v) is 2.78. The zero-order valence-electron chi connectivity index (χ0n) is 8.13. The number of aromatic nitrogens is 2. The Hall–Kier alpha value is -0.570. The average molecular weight is 243 g/mol. The van der Waals surface area contributed by atoms with Crippen molar-refractivity contribution in [3.8, 4) is 0 Å². The number of hydrogen-bond donors (Lipinski definition) is 0. The van der Waals surface area contributed by atoms with E-state index in [4.69, 9.17) is 0 Å². The van der Waals surface area contributed by atoms with Gasteiger partial charge in [0, 0.05) is 11.9 Å². The molecule has 13 heavy (non-hydrogen) atoms. The Morgan fingerprint density at radius 1 is 1.62 bits per heavy atom. The van der Waals surface area contributed by atoms with Gasteiger partial charge >= 0.3 is 0 Å². The van der Waals surface area contributed by atoms with Crippen LogP contribution in [0.4, 0.5) is 0 Å². The molecule has 0 aliphatic rings. The number of allylic oxidation sites excluding steroid dienone is 1. The third kappa shape index (κ3) is 2.69. The van der Waals surface area contributed by atoms with Crippen LogP contribution in [-0.4, -0.2) is 14.9 Å². The minimum Gasteiger partial charge on any atom is -0.331 e. The lowest BCUT2D eigenvalue weighted by Crippen LogP contribution is -1.95. The molecule has 1 aromatic heterocycles. The predicted octanol–water partition coefficient (Wildman–Crippen LogP) is 3.09. The normalized spacial score (nSPS) is 12.1. The molecule has 0 N–H and O–H groups in total. The quantitative estimate of drug-likeness (QED) is 0.743. The maximum Gasteiger partial charge on any atom is 0.0950 e. The van der Waals surface area contributed by atoms with Crippen LogP contribution in [0.2, 0.25) is 0 Å². The summed E-state index contributed by atoms with van der Waals surface area (Å²) in [5.74, 6) is 0. The van der Waals surface area contributed by atoms with Crippen LogP contribution in [0, 0.1) is 0 Å². The number of aryl methyl sites for hydroxylation is 1. The van der Waals surface area contributed by atoms with Gasteiger partial charge in [0.25, 0.3) is 0 Å². The van der Waals surface area contributed by atoms with Gasteiger partial charge in [-0.05, 0) is 19.4 Å². The van der Waals surface area contributed by atoms with E-state index in [1.165, 1.54) is 11.3 Å². The van der Waals surface area contributed by atoms with E-state index >= 15 is 0 Å². The molecule has 0 spiro atoms. The van der Waals surface area contributed by atoms with E-state index < -0.39 is 0 Å². The molecule has 0 unspecified atom stereocenters. The summed E-state index contributed by atoms with van der Waals surface area (Å²) in [6.45, 7) is 5.27. The van der Waals surface area contributed by atoms with Crippen LogP contribution in [0.5, 0.6) is 0 Å². The van der Waals surface area contributed by atoms with Crippen molar-refractivity contribution in [3.05, 3.63) is 23.8 Å². The smallest absolute Gasteiger partial charge is 0.0950 e. The number of hydrogen-bond acceptors (Lipinski definition) is 1. The minimum absolute atomic E-state index is 0.943. The fourth-order valence-corrected chi connectivity index (χ4v) is 1.72. The molecule has 1 aromatic rings.